The Hall–Kier alpha value is -5.16. The van der Waals surface area contributed by atoms with Crippen molar-refractivity contribution in [3.63, 3.8) is 0 Å². The van der Waals surface area contributed by atoms with Crippen molar-refractivity contribution in [1.82, 2.24) is 20.2 Å². The lowest BCUT2D eigenvalue weighted by atomic mass is 9.87. The molecule has 12 heteroatoms. The summed E-state index contributed by atoms with van der Waals surface area (Å²) in [5.74, 6) is -2.33. The minimum atomic E-state index is -1.08. The van der Waals surface area contributed by atoms with E-state index in [4.69, 9.17) is 11.6 Å². The zero-order chi connectivity index (χ0) is 30.1. The van der Waals surface area contributed by atoms with Gasteiger partial charge in [0, 0.05) is 23.7 Å². The highest BCUT2D eigenvalue weighted by molar-refractivity contribution is 6.31. The second-order valence-corrected chi connectivity index (χ2v) is 10.6. The van der Waals surface area contributed by atoms with Crippen LogP contribution in [0.15, 0.2) is 79.3 Å². The number of rotatable bonds is 4. The number of anilines is 1. The van der Waals surface area contributed by atoms with Crippen LogP contribution in [-0.4, -0.2) is 37.2 Å². The molecule has 1 aliphatic rings. The smallest absolute Gasteiger partial charge is 0.335 e. The SMILES string of the molecule is O=C1CCCC[C@H](c2ccc(-c3c(-n4cnnn4)ccc(Cl)c3F)c[n+]2[O-])c2cccc(c2)-c2cc(C(=O)O)ccc2N1. The van der Waals surface area contributed by atoms with Crippen LogP contribution in [0.4, 0.5) is 10.1 Å². The molecule has 2 aromatic heterocycles. The van der Waals surface area contributed by atoms with Crippen molar-refractivity contribution in [2.75, 3.05) is 5.32 Å². The van der Waals surface area contributed by atoms with Crippen molar-refractivity contribution in [3.8, 4) is 27.9 Å². The van der Waals surface area contributed by atoms with E-state index in [1.807, 2.05) is 24.3 Å². The molecule has 1 atom stereocenters. The zero-order valence-electron chi connectivity index (χ0n) is 22.6. The lowest BCUT2D eigenvalue weighted by Crippen LogP contribution is -2.34. The minimum Gasteiger partial charge on any atom is -0.618 e. The van der Waals surface area contributed by atoms with Crippen LogP contribution in [0.25, 0.3) is 27.9 Å². The molecule has 3 aromatic carbocycles. The topological polar surface area (TPSA) is 137 Å². The molecule has 0 spiro atoms. The quantitative estimate of drug-likeness (QED) is 0.198. The van der Waals surface area contributed by atoms with Crippen molar-refractivity contribution in [3.05, 3.63) is 112 Å². The number of pyridine rings is 1. The van der Waals surface area contributed by atoms with Crippen LogP contribution in [0.5, 0.6) is 0 Å². The lowest BCUT2D eigenvalue weighted by molar-refractivity contribution is -0.614. The van der Waals surface area contributed by atoms with Crippen molar-refractivity contribution < 1.29 is 23.8 Å². The third-order valence-corrected chi connectivity index (χ3v) is 7.84. The van der Waals surface area contributed by atoms with Crippen molar-refractivity contribution >= 4 is 29.2 Å². The number of tetrazole rings is 1. The normalized spacial score (nSPS) is 15.1. The van der Waals surface area contributed by atoms with Crippen molar-refractivity contribution in [2.45, 2.75) is 31.6 Å². The number of carboxylic acids is 1. The maximum Gasteiger partial charge on any atom is 0.335 e. The number of aromatic carboxylic acids is 1. The maximum absolute atomic E-state index is 15.4. The molecular formula is C31H24ClFN6O4. The summed E-state index contributed by atoms with van der Waals surface area (Å²) in [4.78, 5) is 24.4. The second kappa shape index (κ2) is 11.6. The first-order valence-electron chi connectivity index (χ1n) is 13.5. The number of benzene rings is 3. The monoisotopic (exact) mass is 598 g/mol. The van der Waals surface area contributed by atoms with Crippen LogP contribution < -0.4 is 10.0 Å². The van der Waals surface area contributed by atoms with Crippen LogP contribution in [0.2, 0.25) is 5.02 Å². The van der Waals surface area contributed by atoms with E-state index in [0.717, 1.165) is 10.3 Å². The predicted octanol–water partition coefficient (Wildman–Crippen LogP) is 5.76. The van der Waals surface area contributed by atoms with Gasteiger partial charge in [-0.2, -0.15) is 9.41 Å². The molecule has 0 fully saturated rings. The fourth-order valence-electron chi connectivity index (χ4n) is 5.47. The highest BCUT2D eigenvalue weighted by Crippen LogP contribution is 2.37. The summed E-state index contributed by atoms with van der Waals surface area (Å²) in [6.45, 7) is 0. The highest BCUT2D eigenvalue weighted by atomic mass is 35.5. The number of fused-ring (bicyclic) bond motifs is 4. The first kappa shape index (κ1) is 28.0. The Kier molecular flexibility index (Phi) is 7.56. The summed E-state index contributed by atoms with van der Waals surface area (Å²) in [7, 11) is 0. The summed E-state index contributed by atoms with van der Waals surface area (Å²) in [6, 6.07) is 18.4. The molecule has 1 aliphatic heterocycles. The number of aromatic nitrogens is 5. The van der Waals surface area contributed by atoms with Gasteiger partial charge in [0.05, 0.1) is 33.3 Å². The van der Waals surface area contributed by atoms with Gasteiger partial charge in [-0.15, -0.1) is 5.10 Å². The van der Waals surface area contributed by atoms with Gasteiger partial charge in [0.2, 0.25) is 5.91 Å². The van der Waals surface area contributed by atoms with Crippen LogP contribution in [0, 0.1) is 11.0 Å². The maximum atomic E-state index is 15.4. The second-order valence-electron chi connectivity index (χ2n) is 10.2. The molecule has 10 nitrogen and oxygen atoms in total. The van der Waals surface area contributed by atoms with E-state index >= 15 is 4.39 Å². The van der Waals surface area contributed by atoms with E-state index in [-0.39, 0.29) is 40.0 Å². The summed E-state index contributed by atoms with van der Waals surface area (Å²) >= 11 is 6.11. The summed E-state index contributed by atoms with van der Waals surface area (Å²) in [5.41, 5.74) is 3.82. The van der Waals surface area contributed by atoms with E-state index in [2.05, 4.69) is 20.8 Å². The van der Waals surface area contributed by atoms with Gasteiger partial charge in [0.25, 0.3) is 0 Å². The lowest BCUT2D eigenvalue weighted by Gasteiger charge is -2.20. The highest BCUT2D eigenvalue weighted by Gasteiger charge is 2.26. The van der Waals surface area contributed by atoms with Crippen LogP contribution in [0.1, 0.15) is 53.2 Å². The fraction of sp³-hybridized carbons (Fsp3) is 0.161. The number of halogens is 2. The van der Waals surface area contributed by atoms with Gasteiger partial charge >= 0.3 is 5.97 Å². The molecule has 0 unspecified atom stereocenters. The predicted molar refractivity (Wildman–Crippen MR) is 156 cm³/mol. The van der Waals surface area contributed by atoms with Gasteiger partial charge in [-0.25, -0.2) is 9.18 Å². The number of amides is 1. The standard InChI is InChI=1S/C31H24ClFN6O4/c32-24-10-13-27(38-17-34-36-37-38)29(30(24)33)21-9-12-26(39(43)16-21)22-6-1-2-7-28(40)35-25-11-8-20(31(41)42)15-23(25)19-5-3-4-18(22)14-19/h3-5,8-17,22H,1-2,6-7H2,(H,35,40)(H,41,42)/t22-/m0/s1. The van der Waals surface area contributed by atoms with E-state index < -0.39 is 11.8 Å². The van der Waals surface area contributed by atoms with E-state index in [0.29, 0.717) is 47.5 Å². The molecule has 3 heterocycles. The summed E-state index contributed by atoms with van der Waals surface area (Å²) in [6.07, 6.45) is 4.72. The molecule has 216 valence electrons. The van der Waals surface area contributed by atoms with Gasteiger partial charge in [-0.05, 0) is 70.8 Å². The molecule has 6 rings (SSSR count). The first-order valence-corrected chi connectivity index (χ1v) is 13.9. The molecule has 43 heavy (non-hydrogen) atoms. The number of nitrogens with zero attached hydrogens (tertiary/aromatic N) is 5. The third kappa shape index (κ3) is 5.54. The van der Waals surface area contributed by atoms with Gasteiger partial charge in [-0.1, -0.05) is 42.3 Å². The van der Waals surface area contributed by atoms with E-state index in [1.165, 1.54) is 35.4 Å². The molecule has 0 saturated carbocycles. The number of carboxylic acid groups (broad SMARTS) is 1. The number of carbonyl (C=O) groups is 2. The van der Waals surface area contributed by atoms with E-state index in [9.17, 15) is 19.9 Å². The Morgan fingerprint density at radius 2 is 1.95 bits per heavy atom. The average molecular weight is 599 g/mol. The Balaban J connectivity index is 1.45. The Labute approximate surface area is 250 Å². The number of hydrogen-bond acceptors (Lipinski definition) is 6. The first-order chi connectivity index (χ1) is 20.8. The van der Waals surface area contributed by atoms with E-state index in [1.54, 1.807) is 24.3 Å². The number of nitrogens with one attached hydrogen (secondary N) is 1. The van der Waals surface area contributed by atoms with Crippen molar-refractivity contribution in [1.29, 1.82) is 0 Å². The van der Waals surface area contributed by atoms with Gasteiger partial charge in [0.15, 0.2) is 17.7 Å². The third-order valence-electron chi connectivity index (χ3n) is 7.55. The molecular weight excluding hydrogens is 575 g/mol. The van der Waals surface area contributed by atoms with Crippen molar-refractivity contribution in [2.24, 2.45) is 0 Å². The average Bonchev–Trinajstić information content (AvgIpc) is 3.53. The largest absolute Gasteiger partial charge is 0.618 e. The molecule has 0 radical (unpaired) electrons. The molecule has 0 saturated heterocycles. The molecule has 2 N–H and O–H groups in total. The van der Waals surface area contributed by atoms with Crippen LogP contribution in [0.3, 0.4) is 0 Å². The molecule has 1 amide bonds. The van der Waals surface area contributed by atoms with Crippen LogP contribution in [-0.2, 0) is 4.79 Å². The molecule has 2 bridgehead atoms. The Bertz CT molecular complexity index is 1860. The summed E-state index contributed by atoms with van der Waals surface area (Å²) < 4.78 is 17.4. The number of hydrogen-bond donors (Lipinski definition) is 2. The van der Waals surface area contributed by atoms with Gasteiger partial charge in [0.1, 0.15) is 6.33 Å². The molecule has 5 aromatic rings. The fourth-order valence-corrected chi connectivity index (χ4v) is 5.63. The summed E-state index contributed by atoms with van der Waals surface area (Å²) in [5, 5.41) is 37.1. The zero-order valence-corrected chi connectivity index (χ0v) is 23.3. The van der Waals surface area contributed by atoms with Crippen LogP contribution >= 0.6 is 11.6 Å². The molecule has 0 aliphatic carbocycles. The number of carbonyl (C=O) groups excluding carboxylic acids is 1. The Morgan fingerprint density at radius 1 is 1.09 bits per heavy atom. The van der Waals surface area contributed by atoms with Gasteiger partial charge in [-0.3, -0.25) is 4.79 Å². The Morgan fingerprint density at radius 3 is 2.72 bits per heavy atom. The van der Waals surface area contributed by atoms with Gasteiger partial charge < -0.3 is 15.6 Å². The minimum absolute atomic E-state index is 0.0773.